The molecule has 1 heterocycles. The van der Waals surface area contributed by atoms with Crippen LogP contribution in [0.1, 0.15) is 43.9 Å². The Morgan fingerprint density at radius 2 is 1.93 bits per heavy atom. The summed E-state index contributed by atoms with van der Waals surface area (Å²) < 4.78 is 5.60. The van der Waals surface area contributed by atoms with Crippen LogP contribution in [0.2, 0.25) is 0 Å². The molecular weight excluding hydrogens is 188 g/mol. The molecule has 1 aromatic rings. The van der Waals surface area contributed by atoms with Crippen LogP contribution in [0.3, 0.4) is 0 Å². The molecule has 1 aliphatic heterocycles. The van der Waals surface area contributed by atoms with Gasteiger partial charge in [0, 0.05) is 6.61 Å². The van der Waals surface area contributed by atoms with Crippen molar-refractivity contribution in [3.8, 4) is 0 Å². The number of hydrogen-bond donors (Lipinski definition) is 1. The van der Waals surface area contributed by atoms with Gasteiger partial charge in [0.25, 0.3) is 0 Å². The third-order valence-corrected chi connectivity index (χ3v) is 2.92. The zero-order valence-corrected chi connectivity index (χ0v) is 9.36. The monoisotopic (exact) mass is 206 g/mol. The normalized spacial score (nSPS) is 21.9. The Hall–Kier alpha value is -0.860. The minimum atomic E-state index is -0.755. The molecule has 0 amide bonds. The van der Waals surface area contributed by atoms with Gasteiger partial charge in [0.1, 0.15) is 0 Å². The Bertz CT molecular complexity index is 315. The molecule has 15 heavy (non-hydrogen) atoms. The molecule has 1 fully saturated rings. The summed E-state index contributed by atoms with van der Waals surface area (Å²) >= 11 is 0. The SMILES string of the molecule is CC(C)(O)c1ccc(C2CCCO2)cc1. The van der Waals surface area contributed by atoms with Gasteiger partial charge in [-0.2, -0.15) is 0 Å². The van der Waals surface area contributed by atoms with E-state index in [2.05, 4.69) is 12.1 Å². The predicted molar refractivity (Wildman–Crippen MR) is 59.6 cm³/mol. The summed E-state index contributed by atoms with van der Waals surface area (Å²) in [5.41, 5.74) is 1.42. The van der Waals surface area contributed by atoms with Gasteiger partial charge in [0.05, 0.1) is 11.7 Å². The molecule has 1 aliphatic rings. The van der Waals surface area contributed by atoms with Gasteiger partial charge in [-0.25, -0.2) is 0 Å². The van der Waals surface area contributed by atoms with E-state index in [9.17, 15) is 5.11 Å². The quantitative estimate of drug-likeness (QED) is 0.806. The smallest absolute Gasteiger partial charge is 0.0840 e. The molecular formula is C13H18O2. The lowest BCUT2D eigenvalue weighted by Crippen LogP contribution is -2.15. The van der Waals surface area contributed by atoms with E-state index in [1.165, 1.54) is 5.56 Å². The summed E-state index contributed by atoms with van der Waals surface area (Å²) in [6.07, 6.45) is 2.53. The minimum absolute atomic E-state index is 0.265. The first-order valence-corrected chi connectivity index (χ1v) is 5.52. The molecule has 0 bridgehead atoms. The van der Waals surface area contributed by atoms with Crippen LogP contribution in [0.5, 0.6) is 0 Å². The topological polar surface area (TPSA) is 29.5 Å². The van der Waals surface area contributed by atoms with E-state index >= 15 is 0 Å². The Labute approximate surface area is 90.9 Å². The van der Waals surface area contributed by atoms with Crippen molar-refractivity contribution in [1.82, 2.24) is 0 Å². The van der Waals surface area contributed by atoms with Crippen LogP contribution in [0.4, 0.5) is 0 Å². The fourth-order valence-electron chi connectivity index (χ4n) is 1.95. The van der Waals surface area contributed by atoms with Crippen molar-refractivity contribution in [2.45, 2.75) is 38.4 Å². The summed E-state index contributed by atoms with van der Waals surface area (Å²) in [4.78, 5) is 0. The van der Waals surface area contributed by atoms with Crippen molar-refractivity contribution in [3.63, 3.8) is 0 Å². The molecule has 0 spiro atoms. The molecule has 82 valence electrons. The van der Waals surface area contributed by atoms with Crippen LogP contribution in [0.15, 0.2) is 24.3 Å². The van der Waals surface area contributed by atoms with Crippen molar-refractivity contribution in [2.24, 2.45) is 0 Å². The van der Waals surface area contributed by atoms with Crippen LogP contribution in [-0.2, 0) is 10.3 Å². The van der Waals surface area contributed by atoms with Gasteiger partial charge < -0.3 is 9.84 Å². The number of benzene rings is 1. The highest BCUT2D eigenvalue weighted by molar-refractivity contribution is 5.27. The number of hydrogen-bond acceptors (Lipinski definition) is 2. The molecule has 1 atom stereocenters. The highest BCUT2D eigenvalue weighted by Gasteiger charge is 2.19. The minimum Gasteiger partial charge on any atom is -0.386 e. The van der Waals surface area contributed by atoms with Crippen molar-refractivity contribution in [3.05, 3.63) is 35.4 Å². The molecule has 1 N–H and O–H groups in total. The maximum absolute atomic E-state index is 9.81. The number of rotatable bonds is 2. The number of aliphatic hydroxyl groups is 1. The Morgan fingerprint density at radius 3 is 2.40 bits per heavy atom. The first-order valence-electron chi connectivity index (χ1n) is 5.52. The lowest BCUT2D eigenvalue weighted by molar-refractivity contribution is 0.0783. The van der Waals surface area contributed by atoms with Crippen molar-refractivity contribution >= 4 is 0 Å². The predicted octanol–water partition coefficient (Wildman–Crippen LogP) is 2.77. The van der Waals surface area contributed by atoms with Gasteiger partial charge in [-0.05, 0) is 37.8 Å². The summed E-state index contributed by atoms with van der Waals surface area (Å²) in [5.74, 6) is 0. The Kier molecular flexibility index (Phi) is 2.81. The zero-order chi connectivity index (χ0) is 10.9. The van der Waals surface area contributed by atoms with E-state index < -0.39 is 5.60 Å². The average Bonchev–Trinajstić information content (AvgIpc) is 2.69. The van der Waals surface area contributed by atoms with Gasteiger partial charge in [0.15, 0.2) is 0 Å². The van der Waals surface area contributed by atoms with Crippen molar-refractivity contribution in [1.29, 1.82) is 0 Å². The molecule has 0 aromatic heterocycles. The summed E-state index contributed by atoms with van der Waals surface area (Å²) in [7, 11) is 0. The summed E-state index contributed by atoms with van der Waals surface area (Å²) in [5, 5.41) is 9.81. The van der Waals surface area contributed by atoms with Gasteiger partial charge in [-0.1, -0.05) is 24.3 Å². The van der Waals surface area contributed by atoms with Crippen molar-refractivity contribution in [2.75, 3.05) is 6.61 Å². The van der Waals surface area contributed by atoms with E-state index in [4.69, 9.17) is 4.74 Å². The molecule has 1 saturated heterocycles. The molecule has 0 radical (unpaired) electrons. The van der Waals surface area contributed by atoms with E-state index in [-0.39, 0.29) is 6.10 Å². The lowest BCUT2D eigenvalue weighted by atomic mass is 9.96. The first kappa shape index (κ1) is 10.7. The average molecular weight is 206 g/mol. The molecule has 2 heteroatoms. The first-order chi connectivity index (χ1) is 7.07. The molecule has 0 aliphatic carbocycles. The van der Waals surface area contributed by atoms with E-state index in [1.54, 1.807) is 13.8 Å². The highest BCUT2D eigenvalue weighted by atomic mass is 16.5. The lowest BCUT2D eigenvalue weighted by Gasteiger charge is -2.18. The van der Waals surface area contributed by atoms with Gasteiger partial charge in [-0.3, -0.25) is 0 Å². The van der Waals surface area contributed by atoms with E-state index in [0.29, 0.717) is 0 Å². The molecule has 2 rings (SSSR count). The van der Waals surface area contributed by atoms with E-state index in [1.807, 2.05) is 12.1 Å². The molecule has 1 aromatic carbocycles. The zero-order valence-electron chi connectivity index (χ0n) is 9.36. The Morgan fingerprint density at radius 1 is 1.27 bits per heavy atom. The molecule has 1 unspecified atom stereocenters. The fourth-order valence-corrected chi connectivity index (χ4v) is 1.95. The third kappa shape index (κ3) is 2.39. The second-order valence-corrected chi connectivity index (χ2v) is 4.68. The summed E-state index contributed by atoms with van der Waals surface area (Å²) in [6, 6.07) is 8.08. The van der Waals surface area contributed by atoms with E-state index in [0.717, 1.165) is 25.0 Å². The second-order valence-electron chi connectivity index (χ2n) is 4.68. The highest BCUT2D eigenvalue weighted by Crippen LogP contribution is 2.29. The maximum Gasteiger partial charge on any atom is 0.0840 e. The largest absolute Gasteiger partial charge is 0.386 e. The van der Waals surface area contributed by atoms with Crippen LogP contribution < -0.4 is 0 Å². The van der Waals surface area contributed by atoms with Gasteiger partial charge in [-0.15, -0.1) is 0 Å². The van der Waals surface area contributed by atoms with Crippen LogP contribution in [0, 0.1) is 0 Å². The third-order valence-electron chi connectivity index (χ3n) is 2.92. The molecule has 2 nitrogen and oxygen atoms in total. The van der Waals surface area contributed by atoms with Crippen LogP contribution >= 0.6 is 0 Å². The maximum atomic E-state index is 9.81. The molecule has 0 saturated carbocycles. The standard InChI is InChI=1S/C13H18O2/c1-13(2,14)11-7-5-10(6-8-11)12-4-3-9-15-12/h5-8,12,14H,3-4,9H2,1-2H3. The Balaban J connectivity index is 2.16. The number of ether oxygens (including phenoxy) is 1. The van der Waals surface area contributed by atoms with Crippen LogP contribution in [-0.4, -0.2) is 11.7 Å². The van der Waals surface area contributed by atoms with Crippen molar-refractivity contribution < 1.29 is 9.84 Å². The van der Waals surface area contributed by atoms with Crippen LogP contribution in [0.25, 0.3) is 0 Å². The van der Waals surface area contributed by atoms with Gasteiger partial charge >= 0.3 is 0 Å². The van der Waals surface area contributed by atoms with Gasteiger partial charge in [0.2, 0.25) is 0 Å². The second kappa shape index (κ2) is 3.95. The summed E-state index contributed by atoms with van der Waals surface area (Å²) in [6.45, 7) is 4.47. The fraction of sp³-hybridized carbons (Fsp3) is 0.538.